The standard InChI is InChI=1S/C59H36N4S.C53H32N4S/c1-4-16-37(17-5-1)38-28-30-41(31-29-38)57-61-56(40-20-8-3-9-21-40)62-58(63-57)42-32-33-45-51(36-42)60-54(39-18-6-2-7-19-39)46-34-35-50-55(53(45)46)64-52-27-15-14-26-49(52)59(50)47-24-12-10-22-43(47)44-23-11-13-25-48(44)59;1-4-16-33(17-5-1)48-40-30-31-44-49(58-46-27-15-14-26-43(46)53(44)41-24-12-10-22-37(41)38-23-11-13-25-42(38)53)47(40)39-29-28-36(32-45(39)54-48)52-56-50(34-18-6-2-7-19-34)55-51(57-52)35-20-8-3-9-21-35/h1-36H;1-32H. The summed E-state index contributed by atoms with van der Waals surface area (Å²) in [6.45, 7) is 0. The summed E-state index contributed by atoms with van der Waals surface area (Å²) in [5.41, 5.74) is 28.3. The SMILES string of the molecule is c1ccc(-c2ccc(-c3nc(-c4ccccc4)nc(-c4ccc5c(c4)nc(-c4ccccc4)c4ccc6c(c45)Sc4ccccc4C64c5ccccc5-c5ccccc54)n3)cc2)cc1.c1ccc(-c2nc(-c3ccccc3)nc(-c3ccc4c(c3)nc(-c3ccccc3)c3ccc5c(c34)Sc3ccccc3C53c4ccccc4-c4ccccc43)n2)cc1. The Morgan fingerprint density at radius 3 is 0.762 bits per heavy atom. The molecule has 0 unspecified atom stereocenters. The average molecular weight is 1590 g/mol. The van der Waals surface area contributed by atoms with Crippen molar-refractivity contribution in [2.45, 2.75) is 30.4 Å². The second kappa shape index (κ2) is 28.8. The Morgan fingerprint density at radius 1 is 0.172 bits per heavy atom. The van der Waals surface area contributed by atoms with E-state index in [1.807, 2.05) is 108 Å². The highest BCUT2D eigenvalue weighted by molar-refractivity contribution is 8.00. The molecule has 21 aromatic rings. The first-order valence-corrected chi connectivity index (χ1v) is 42.8. The van der Waals surface area contributed by atoms with Crippen molar-refractivity contribution >= 4 is 66.9 Å². The van der Waals surface area contributed by atoms with Gasteiger partial charge in [0.15, 0.2) is 34.9 Å². The predicted octanol–water partition coefficient (Wildman–Crippen LogP) is 27.8. The van der Waals surface area contributed by atoms with Crippen molar-refractivity contribution in [2.24, 2.45) is 0 Å². The van der Waals surface area contributed by atoms with Gasteiger partial charge in [-0.25, -0.2) is 39.9 Å². The smallest absolute Gasteiger partial charge is 0.164 e. The van der Waals surface area contributed by atoms with Crippen molar-refractivity contribution in [3.05, 3.63) is 457 Å². The first kappa shape index (κ1) is 71.0. The monoisotopic (exact) mass is 1590 g/mol. The third kappa shape index (κ3) is 11.3. The number of rotatable bonds is 9. The minimum Gasteiger partial charge on any atom is -0.247 e. The fourth-order valence-electron chi connectivity index (χ4n) is 19.4. The molecule has 2 spiro atoms. The van der Waals surface area contributed by atoms with Gasteiger partial charge >= 0.3 is 0 Å². The third-order valence-electron chi connectivity index (χ3n) is 24.8. The van der Waals surface area contributed by atoms with Crippen LogP contribution in [0.1, 0.15) is 44.5 Å². The first-order chi connectivity index (χ1) is 60.5. The molecule has 10 heteroatoms. The molecule has 2 aliphatic carbocycles. The first-order valence-electron chi connectivity index (χ1n) is 41.2. The third-order valence-corrected chi connectivity index (χ3v) is 27.2. The lowest BCUT2D eigenvalue weighted by Crippen LogP contribution is -2.32. The lowest BCUT2D eigenvalue weighted by Gasteiger charge is -2.40. The van der Waals surface area contributed by atoms with Crippen LogP contribution >= 0.6 is 23.5 Å². The van der Waals surface area contributed by atoms with Gasteiger partial charge in [0.2, 0.25) is 0 Å². The quantitative estimate of drug-likeness (QED) is 0.130. The molecule has 4 aromatic heterocycles. The summed E-state index contributed by atoms with van der Waals surface area (Å²) < 4.78 is 0. The fourth-order valence-corrected chi connectivity index (χ4v) is 22.1. The molecule has 0 amide bonds. The Hall–Kier alpha value is -15.2. The van der Waals surface area contributed by atoms with Crippen LogP contribution in [0.25, 0.3) is 168 Å². The molecule has 0 saturated carbocycles. The largest absolute Gasteiger partial charge is 0.247 e. The maximum absolute atomic E-state index is 5.53. The zero-order valence-corrected chi connectivity index (χ0v) is 67.3. The lowest BCUT2D eigenvalue weighted by molar-refractivity contribution is 0.726. The number of aromatic nitrogens is 8. The molecule has 0 radical (unpaired) electrons. The van der Waals surface area contributed by atoms with Crippen LogP contribution in [0.2, 0.25) is 0 Å². The maximum atomic E-state index is 5.53. The molecule has 568 valence electrons. The van der Waals surface area contributed by atoms with E-state index < -0.39 is 10.8 Å². The van der Waals surface area contributed by atoms with E-state index in [1.165, 1.54) is 103 Å². The predicted molar refractivity (Wildman–Crippen MR) is 497 cm³/mol. The van der Waals surface area contributed by atoms with Crippen LogP contribution in [0.4, 0.5) is 0 Å². The Kier molecular flexibility index (Phi) is 16.8. The van der Waals surface area contributed by atoms with E-state index in [-0.39, 0.29) is 0 Å². The lowest BCUT2D eigenvalue weighted by atomic mass is 9.67. The van der Waals surface area contributed by atoms with Crippen LogP contribution in [-0.2, 0) is 10.8 Å². The number of benzene rings is 17. The molecule has 0 atom stereocenters. The van der Waals surface area contributed by atoms with Gasteiger partial charge in [-0.15, -0.1) is 0 Å². The molecular formula is C112H68N8S2. The van der Waals surface area contributed by atoms with Gasteiger partial charge in [-0.05, 0) is 102 Å². The van der Waals surface area contributed by atoms with Gasteiger partial charge < -0.3 is 0 Å². The molecule has 4 aliphatic rings. The number of hydrogen-bond donors (Lipinski definition) is 0. The summed E-state index contributed by atoms with van der Waals surface area (Å²) in [4.78, 5) is 46.6. The molecule has 0 N–H and O–H groups in total. The second-order valence-corrected chi connectivity index (χ2v) is 33.5. The van der Waals surface area contributed by atoms with E-state index >= 15 is 0 Å². The Bertz CT molecular complexity index is 7660. The molecular weight excluding hydrogens is 1520 g/mol. The molecule has 25 rings (SSSR count). The van der Waals surface area contributed by atoms with Crippen LogP contribution in [0.5, 0.6) is 0 Å². The minimum atomic E-state index is -0.491. The highest BCUT2D eigenvalue weighted by Gasteiger charge is 2.52. The highest BCUT2D eigenvalue weighted by Crippen LogP contribution is 2.66. The zero-order chi connectivity index (χ0) is 80.4. The Labute approximate surface area is 713 Å². The number of nitrogens with zero attached hydrogens (tertiary/aromatic N) is 8. The van der Waals surface area contributed by atoms with Crippen LogP contribution in [0.15, 0.2) is 432 Å². The Balaban J connectivity index is 0.000000139. The normalized spacial score (nSPS) is 13.1. The van der Waals surface area contributed by atoms with Crippen LogP contribution in [0, 0.1) is 0 Å². The molecule has 17 aromatic carbocycles. The van der Waals surface area contributed by atoms with Gasteiger partial charge in [0.05, 0.1) is 33.3 Å². The van der Waals surface area contributed by atoms with E-state index in [1.54, 1.807) is 0 Å². The van der Waals surface area contributed by atoms with Crippen LogP contribution in [-0.4, -0.2) is 39.9 Å². The van der Waals surface area contributed by atoms with Crippen molar-refractivity contribution in [1.29, 1.82) is 0 Å². The zero-order valence-electron chi connectivity index (χ0n) is 65.7. The van der Waals surface area contributed by atoms with E-state index in [9.17, 15) is 0 Å². The van der Waals surface area contributed by atoms with Crippen molar-refractivity contribution in [3.63, 3.8) is 0 Å². The molecule has 6 heterocycles. The molecule has 122 heavy (non-hydrogen) atoms. The van der Waals surface area contributed by atoms with Crippen molar-refractivity contribution < 1.29 is 0 Å². The summed E-state index contributed by atoms with van der Waals surface area (Å²) in [5.74, 6) is 3.70. The molecule has 0 fully saturated rings. The van der Waals surface area contributed by atoms with Gasteiger partial charge in [-0.3, -0.25) is 0 Å². The number of fused-ring (bicyclic) bond motifs is 26. The van der Waals surface area contributed by atoms with E-state index in [2.05, 4.69) is 328 Å². The summed E-state index contributed by atoms with van der Waals surface area (Å²) in [7, 11) is 0. The van der Waals surface area contributed by atoms with Gasteiger partial charge in [0.25, 0.3) is 0 Å². The van der Waals surface area contributed by atoms with Crippen LogP contribution in [0.3, 0.4) is 0 Å². The van der Waals surface area contributed by atoms with Crippen molar-refractivity contribution in [3.8, 4) is 124 Å². The highest BCUT2D eigenvalue weighted by atomic mass is 32.2. The minimum absolute atomic E-state index is 0.479. The van der Waals surface area contributed by atoms with Gasteiger partial charge in [0, 0.05) is 96.4 Å². The van der Waals surface area contributed by atoms with E-state index in [0.717, 1.165) is 94.0 Å². The summed E-state index contributed by atoms with van der Waals surface area (Å²) in [6, 6.07) is 147. The molecule has 2 aliphatic heterocycles. The van der Waals surface area contributed by atoms with Gasteiger partial charge in [-0.2, -0.15) is 0 Å². The van der Waals surface area contributed by atoms with E-state index in [4.69, 9.17) is 39.9 Å². The fraction of sp³-hybridized carbons (Fsp3) is 0.0179. The number of pyridine rings is 2. The topological polar surface area (TPSA) is 103 Å². The summed E-state index contributed by atoms with van der Waals surface area (Å²) in [5, 5.41) is 6.85. The van der Waals surface area contributed by atoms with Gasteiger partial charge in [-0.1, -0.05) is 412 Å². The molecule has 8 nitrogen and oxygen atoms in total. The maximum Gasteiger partial charge on any atom is 0.164 e. The van der Waals surface area contributed by atoms with Crippen molar-refractivity contribution in [1.82, 2.24) is 39.9 Å². The summed E-state index contributed by atoms with van der Waals surface area (Å²) in [6.07, 6.45) is 0. The molecule has 0 bridgehead atoms. The Morgan fingerprint density at radius 2 is 0.418 bits per heavy atom. The van der Waals surface area contributed by atoms with Gasteiger partial charge in [0.1, 0.15) is 0 Å². The molecule has 0 saturated heterocycles. The van der Waals surface area contributed by atoms with E-state index in [0.29, 0.717) is 34.9 Å². The average Bonchev–Trinajstić information content (AvgIpc) is 1.45. The number of hydrogen-bond acceptors (Lipinski definition) is 10. The van der Waals surface area contributed by atoms with Crippen molar-refractivity contribution in [2.75, 3.05) is 0 Å². The summed E-state index contributed by atoms with van der Waals surface area (Å²) >= 11 is 3.76. The second-order valence-electron chi connectivity index (χ2n) is 31.4. The van der Waals surface area contributed by atoms with Crippen LogP contribution < -0.4 is 0 Å².